The van der Waals surface area contributed by atoms with Gasteiger partial charge in [-0.25, -0.2) is 18.2 Å². The van der Waals surface area contributed by atoms with Gasteiger partial charge in [-0.3, -0.25) is 4.72 Å². The lowest BCUT2D eigenvalue weighted by Gasteiger charge is -2.37. The van der Waals surface area contributed by atoms with Crippen molar-refractivity contribution in [1.82, 2.24) is 4.98 Å². The van der Waals surface area contributed by atoms with Crippen molar-refractivity contribution < 1.29 is 18.3 Å². The van der Waals surface area contributed by atoms with Crippen LogP contribution < -0.4 is 14.5 Å². The van der Waals surface area contributed by atoms with E-state index in [1.54, 1.807) is 43.3 Å². The molecule has 1 aromatic heterocycles. The van der Waals surface area contributed by atoms with E-state index in [-0.39, 0.29) is 16.1 Å². The molecule has 1 aliphatic heterocycles. The summed E-state index contributed by atoms with van der Waals surface area (Å²) in [5, 5.41) is 10.4. The molecule has 0 radical (unpaired) electrons. The second kappa shape index (κ2) is 9.98. The number of hydrogen-bond donors (Lipinski definition) is 2. The van der Waals surface area contributed by atoms with Crippen LogP contribution in [-0.4, -0.2) is 50.7 Å². The molecule has 0 aliphatic carbocycles. The monoisotopic (exact) mass is 530 g/mol. The Labute approximate surface area is 222 Å². The van der Waals surface area contributed by atoms with Gasteiger partial charge in [0.05, 0.1) is 16.0 Å². The highest BCUT2D eigenvalue weighted by molar-refractivity contribution is 7.92. The fourth-order valence-corrected chi connectivity index (χ4v) is 6.23. The molecule has 1 fully saturated rings. The van der Waals surface area contributed by atoms with Crippen LogP contribution in [0.25, 0.3) is 10.9 Å². The minimum atomic E-state index is -3.84. The molecule has 0 atom stereocenters. The van der Waals surface area contributed by atoms with Crippen LogP contribution in [0.1, 0.15) is 27.0 Å². The maximum absolute atomic E-state index is 13.0. The number of nitrogens with zero attached hydrogens (tertiary/aromatic N) is 3. The third-order valence-corrected chi connectivity index (χ3v) is 8.72. The number of pyridine rings is 1. The Balaban J connectivity index is 1.41. The summed E-state index contributed by atoms with van der Waals surface area (Å²) >= 11 is 0. The van der Waals surface area contributed by atoms with Crippen molar-refractivity contribution in [1.29, 1.82) is 0 Å². The van der Waals surface area contributed by atoms with Gasteiger partial charge >= 0.3 is 5.97 Å². The standard InChI is InChI=1S/C29H30N4O4S/c1-19-8-6-9-26(21(19)3)32-13-15-33(16-14-32)28-18-24(29(34)35)23-17-22(11-12-25(23)30-28)31-38(36,37)27-10-5-4-7-20(27)2/h4-12,17-18,31H,13-16H2,1-3H3,(H,34,35). The van der Waals surface area contributed by atoms with Gasteiger partial charge in [-0.05, 0) is 73.9 Å². The molecule has 0 spiro atoms. The number of rotatable bonds is 6. The molecule has 2 N–H and O–H groups in total. The van der Waals surface area contributed by atoms with Gasteiger partial charge in [0.1, 0.15) is 5.82 Å². The van der Waals surface area contributed by atoms with E-state index in [1.165, 1.54) is 28.9 Å². The zero-order valence-corrected chi connectivity index (χ0v) is 22.4. The topological polar surface area (TPSA) is 103 Å². The SMILES string of the molecule is Cc1ccccc1S(=O)(=O)Nc1ccc2nc(N3CCN(c4cccc(C)c4C)CC3)cc(C(=O)O)c2c1. The summed E-state index contributed by atoms with van der Waals surface area (Å²) in [7, 11) is -3.84. The zero-order chi connectivity index (χ0) is 27.0. The van der Waals surface area contributed by atoms with Crippen molar-refractivity contribution in [3.8, 4) is 0 Å². The molecule has 4 aromatic rings. The number of carbonyl (C=O) groups is 1. The van der Waals surface area contributed by atoms with E-state index in [0.29, 0.717) is 35.4 Å². The summed E-state index contributed by atoms with van der Waals surface area (Å²) in [5.41, 5.74) is 5.23. The number of anilines is 3. The molecule has 9 heteroatoms. The van der Waals surface area contributed by atoms with Crippen molar-refractivity contribution in [2.45, 2.75) is 25.7 Å². The molecular formula is C29H30N4O4S. The molecule has 1 saturated heterocycles. The maximum Gasteiger partial charge on any atom is 0.336 e. The average molecular weight is 531 g/mol. The summed E-state index contributed by atoms with van der Waals surface area (Å²) in [4.78, 5) is 21.6. The van der Waals surface area contributed by atoms with Gasteiger partial charge in [0.2, 0.25) is 0 Å². The highest BCUT2D eigenvalue weighted by Gasteiger charge is 2.23. The predicted octanol–water partition coefficient (Wildman–Crippen LogP) is 4.99. The minimum absolute atomic E-state index is 0.0823. The first-order chi connectivity index (χ1) is 18.1. The summed E-state index contributed by atoms with van der Waals surface area (Å²) in [6, 6.07) is 19.4. The molecule has 3 aromatic carbocycles. The van der Waals surface area contributed by atoms with Crippen LogP contribution in [0.3, 0.4) is 0 Å². The minimum Gasteiger partial charge on any atom is -0.478 e. The van der Waals surface area contributed by atoms with Crippen molar-refractivity contribution in [2.24, 2.45) is 0 Å². The van der Waals surface area contributed by atoms with Crippen LogP contribution in [0, 0.1) is 20.8 Å². The third-order valence-electron chi connectivity index (χ3n) is 7.18. The van der Waals surface area contributed by atoms with Gasteiger partial charge in [-0.2, -0.15) is 0 Å². The van der Waals surface area contributed by atoms with Crippen LogP contribution in [0.5, 0.6) is 0 Å². The number of aryl methyl sites for hydroxylation is 2. The summed E-state index contributed by atoms with van der Waals surface area (Å²) < 4.78 is 28.5. The van der Waals surface area contributed by atoms with Crippen molar-refractivity contribution in [3.63, 3.8) is 0 Å². The van der Waals surface area contributed by atoms with Gasteiger partial charge < -0.3 is 14.9 Å². The van der Waals surface area contributed by atoms with E-state index < -0.39 is 16.0 Å². The Morgan fingerprint density at radius 2 is 1.55 bits per heavy atom. The molecule has 0 amide bonds. The lowest BCUT2D eigenvalue weighted by Crippen LogP contribution is -2.47. The number of piperazine rings is 1. The average Bonchev–Trinajstić information content (AvgIpc) is 2.89. The smallest absolute Gasteiger partial charge is 0.336 e. The van der Waals surface area contributed by atoms with Crippen LogP contribution in [0.15, 0.2) is 71.6 Å². The molecule has 196 valence electrons. The number of sulfonamides is 1. The predicted molar refractivity (Wildman–Crippen MR) is 151 cm³/mol. The lowest BCUT2D eigenvalue weighted by atomic mass is 10.1. The normalized spacial score (nSPS) is 14.1. The number of hydrogen-bond acceptors (Lipinski definition) is 6. The van der Waals surface area contributed by atoms with Gasteiger partial charge in [0.25, 0.3) is 10.0 Å². The van der Waals surface area contributed by atoms with Gasteiger partial charge in [-0.1, -0.05) is 30.3 Å². The highest BCUT2D eigenvalue weighted by Crippen LogP contribution is 2.29. The largest absolute Gasteiger partial charge is 0.478 e. The molecule has 0 saturated carbocycles. The fourth-order valence-electron chi connectivity index (χ4n) is 4.94. The van der Waals surface area contributed by atoms with E-state index in [1.807, 2.05) is 0 Å². The van der Waals surface area contributed by atoms with Crippen LogP contribution in [0.4, 0.5) is 17.2 Å². The number of benzene rings is 3. The highest BCUT2D eigenvalue weighted by atomic mass is 32.2. The number of nitrogens with one attached hydrogen (secondary N) is 1. The van der Waals surface area contributed by atoms with Gasteiger partial charge in [0.15, 0.2) is 0 Å². The van der Waals surface area contributed by atoms with Crippen molar-refractivity contribution >= 4 is 44.1 Å². The Bertz CT molecular complexity index is 1640. The Morgan fingerprint density at radius 3 is 2.26 bits per heavy atom. The third kappa shape index (κ3) is 4.89. The van der Waals surface area contributed by atoms with Gasteiger partial charge in [-0.15, -0.1) is 0 Å². The van der Waals surface area contributed by atoms with Crippen molar-refractivity contribution in [2.75, 3.05) is 40.7 Å². The Morgan fingerprint density at radius 1 is 0.868 bits per heavy atom. The molecular weight excluding hydrogens is 500 g/mol. The molecule has 5 rings (SSSR count). The van der Waals surface area contributed by atoms with Gasteiger partial charge in [0, 0.05) is 42.9 Å². The van der Waals surface area contributed by atoms with Crippen molar-refractivity contribution in [3.05, 3.63) is 89.0 Å². The summed E-state index contributed by atoms with van der Waals surface area (Å²) in [5.74, 6) is -0.490. The second-order valence-electron chi connectivity index (χ2n) is 9.63. The fraction of sp³-hybridized carbons (Fsp3) is 0.241. The molecule has 8 nitrogen and oxygen atoms in total. The van der Waals surface area contributed by atoms with E-state index >= 15 is 0 Å². The first kappa shape index (κ1) is 25.5. The molecule has 38 heavy (non-hydrogen) atoms. The molecule has 1 aliphatic rings. The number of aromatic carboxylic acids is 1. The zero-order valence-electron chi connectivity index (χ0n) is 21.6. The van der Waals surface area contributed by atoms with E-state index in [9.17, 15) is 18.3 Å². The Hall–Kier alpha value is -4.11. The second-order valence-corrected chi connectivity index (χ2v) is 11.3. The van der Waals surface area contributed by atoms with Crippen LogP contribution in [-0.2, 0) is 10.0 Å². The Kier molecular flexibility index (Phi) is 6.71. The summed E-state index contributed by atoms with van der Waals surface area (Å²) in [6.45, 7) is 8.98. The molecule has 0 unspecified atom stereocenters. The summed E-state index contributed by atoms with van der Waals surface area (Å²) in [6.07, 6.45) is 0. The number of carboxylic acid groups (broad SMARTS) is 1. The van der Waals surface area contributed by atoms with Crippen LogP contribution in [0.2, 0.25) is 0 Å². The van der Waals surface area contributed by atoms with E-state index in [2.05, 4.69) is 46.6 Å². The van der Waals surface area contributed by atoms with Crippen LogP contribution >= 0.6 is 0 Å². The number of carboxylic acids is 1. The first-order valence-electron chi connectivity index (χ1n) is 12.5. The number of aromatic nitrogens is 1. The quantitative estimate of drug-likeness (QED) is 0.362. The van der Waals surface area contributed by atoms with E-state index in [0.717, 1.165) is 13.1 Å². The first-order valence-corrected chi connectivity index (χ1v) is 13.9. The molecule has 0 bridgehead atoms. The maximum atomic E-state index is 13.0. The number of fused-ring (bicyclic) bond motifs is 1. The van der Waals surface area contributed by atoms with E-state index in [4.69, 9.17) is 4.98 Å². The molecule has 2 heterocycles. The lowest BCUT2D eigenvalue weighted by molar-refractivity contribution is 0.0699.